The molecule has 1 saturated carbocycles. The van der Waals surface area contributed by atoms with Crippen LogP contribution in [0.4, 0.5) is 0 Å². The van der Waals surface area contributed by atoms with Crippen LogP contribution in [0, 0.1) is 24.2 Å². The molecular formula is C26H35Cl2HfP. The first-order valence-electron chi connectivity index (χ1n) is 10.6. The van der Waals surface area contributed by atoms with E-state index < -0.39 is 0 Å². The van der Waals surface area contributed by atoms with Crippen LogP contribution < -0.4 is 30.1 Å². The van der Waals surface area contributed by atoms with Crippen molar-refractivity contribution in [2.45, 2.75) is 47.0 Å². The number of hydrogen-bond donors (Lipinski definition) is 0. The molecule has 1 unspecified atom stereocenters. The quantitative estimate of drug-likeness (QED) is 0.268. The molecule has 4 rings (SSSR count). The molecular weight excluding hydrogens is 593 g/mol. The fourth-order valence-corrected chi connectivity index (χ4v) is 7.13. The minimum Gasteiger partial charge on any atom is -1.00 e. The van der Waals surface area contributed by atoms with E-state index in [1.165, 1.54) is 42.4 Å². The van der Waals surface area contributed by atoms with Crippen LogP contribution in [0.2, 0.25) is 0 Å². The number of rotatable bonds is 5. The van der Waals surface area contributed by atoms with Crippen LogP contribution in [-0.4, -0.2) is 12.3 Å². The fourth-order valence-electron chi connectivity index (χ4n) is 4.15. The SMILES string of the molecule is C1=CCC2CC[CH-]C2=C1.CC(C)CP(CC(C)C)c1cc2ccccc2[cH-]1.[Cl-].[Cl-].[Hf+4]. The first kappa shape index (κ1) is 30.1. The van der Waals surface area contributed by atoms with Crippen LogP contribution in [0.25, 0.3) is 10.8 Å². The maximum Gasteiger partial charge on any atom is 4.00 e. The van der Waals surface area contributed by atoms with E-state index in [0.717, 1.165) is 17.8 Å². The molecule has 0 saturated heterocycles. The van der Waals surface area contributed by atoms with E-state index in [-0.39, 0.29) is 58.6 Å². The minimum absolute atomic E-state index is 0. The predicted octanol–water partition coefficient (Wildman–Crippen LogP) is 1.47. The van der Waals surface area contributed by atoms with Gasteiger partial charge in [0.1, 0.15) is 0 Å². The monoisotopic (exact) mass is 628 g/mol. The van der Waals surface area contributed by atoms with Gasteiger partial charge in [-0.1, -0.05) is 48.1 Å². The topological polar surface area (TPSA) is 0 Å². The zero-order valence-corrected chi connectivity index (χ0v) is 24.7. The molecule has 0 amide bonds. The normalized spacial score (nSPS) is 16.6. The molecule has 1 fully saturated rings. The molecule has 30 heavy (non-hydrogen) atoms. The second-order valence-electron chi connectivity index (χ2n) is 8.84. The molecule has 0 bridgehead atoms. The van der Waals surface area contributed by atoms with Crippen molar-refractivity contribution in [2.24, 2.45) is 17.8 Å². The van der Waals surface area contributed by atoms with Crippen molar-refractivity contribution < 1.29 is 50.7 Å². The third-order valence-electron chi connectivity index (χ3n) is 5.35. The fraction of sp³-hybridized carbons (Fsp3) is 0.462. The Morgan fingerprint density at radius 3 is 2.30 bits per heavy atom. The summed E-state index contributed by atoms with van der Waals surface area (Å²) in [6.07, 6.45) is 15.8. The number of allylic oxidation sites excluding steroid dienone is 4. The van der Waals surface area contributed by atoms with Gasteiger partial charge < -0.3 is 24.8 Å². The molecule has 2 aromatic rings. The van der Waals surface area contributed by atoms with Crippen molar-refractivity contribution in [3.63, 3.8) is 0 Å². The van der Waals surface area contributed by atoms with Crippen molar-refractivity contribution in [3.8, 4) is 0 Å². The minimum atomic E-state index is 0. The number of benzene rings is 1. The van der Waals surface area contributed by atoms with E-state index in [1.807, 2.05) is 0 Å². The molecule has 0 nitrogen and oxygen atoms in total. The summed E-state index contributed by atoms with van der Waals surface area (Å²) in [5, 5.41) is 4.42. The van der Waals surface area contributed by atoms with Gasteiger partial charge >= 0.3 is 25.8 Å². The smallest absolute Gasteiger partial charge is 1.00 e. The maximum absolute atomic E-state index is 2.42. The van der Waals surface area contributed by atoms with Gasteiger partial charge in [0.25, 0.3) is 0 Å². The number of halogens is 2. The number of fused-ring (bicyclic) bond motifs is 2. The summed E-state index contributed by atoms with van der Waals surface area (Å²) in [4.78, 5) is 0. The van der Waals surface area contributed by atoms with Crippen LogP contribution in [0.5, 0.6) is 0 Å². The number of hydrogen-bond acceptors (Lipinski definition) is 0. The van der Waals surface area contributed by atoms with Gasteiger partial charge in [0.05, 0.1) is 0 Å². The van der Waals surface area contributed by atoms with Gasteiger partial charge in [0.2, 0.25) is 0 Å². The van der Waals surface area contributed by atoms with Gasteiger partial charge in [-0.15, -0.1) is 58.9 Å². The molecule has 2 aromatic carbocycles. The molecule has 2 aliphatic carbocycles. The summed E-state index contributed by atoms with van der Waals surface area (Å²) in [5.41, 5.74) is 1.58. The van der Waals surface area contributed by atoms with Crippen LogP contribution >= 0.6 is 7.92 Å². The van der Waals surface area contributed by atoms with Gasteiger partial charge in [-0.05, 0) is 36.5 Å². The summed E-state index contributed by atoms with van der Waals surface area (Å²) in [7, 11) is 0.0185. The molecule has 0 aliphatic heterocycles. The van der Waals surface area contributed by atoms with Gasteiger partial charge in [-0.2, -0.15) is 6.07 Å². The van der Waals surface area contributed by atoms with Crippen molar-refractivity contribution in [1.29, 1.82) is 0 Å². The molecule has 0 heterocycles. The Hall–Kier alpha value is 0.0601. The largest absolute Gasteiger partial charge is 4.00 e. The summed E-state index contributed by atoms with van der Waals surface area (Å²) >= 11 is 0. The Morgan fingerprint density at radius 1 is 1.03 bits per heavy atom. The van der Waals surface area contributed by atoms with Crippen molar-refractivity contribution >= 4 is 24.0 Å². The van der Waals surface area contributed by atoms with E-state index in [4.69, 9.17) is 0 Å². The van der Waals surface area contributed by atoms with Crippen LogP contribution in [0.15, 0.2) is 60.2 Å². The third kappa shape index (κ3) is 8.90. The molecule has 0 radical (unpaired) electrons. The van der Waals surface area contributed by atoms with E-state index >= 15 is 0 Å². The van der Waals surface area contributed by atoms with E-state index in [0.29, 0.717) is 0 Å². The van der Waals surface area contributed by atoms with Gasteiger partial charge in [-0.25, -0.2) is 18.1 Å². The molecule has 0 aromatic heterocycles. The van der Waals surface area contributed by atoms with Crippen molar-refractivity contribution in [3.05, 3.63) is 66.6 Å². The summed E-state index contributed by atoms with van der Waals surface area (Å²) in [6, 6.07) is 13.6. The zero-order chi connectivity index (χ0) is 19.2. The average molecular weight is 628 g/mol. The molecule has 1 atom stereocenters. The second-order valence-corrected chi connectivity index (χ2v) is 11.2. The van der Waals surface area contributed by atoms with Crippen LogP contribution in [-0.2, 0) is 25.8 Å². The molecule has 0 N–H and O–H groups in total. The van der Waals surface area contributed by atoms with Crippen molar-refractivity contribution in [2.75, 3.05) is 12.3 Å². The Morgan fingerprint density at radius 2 is 1.70 bits per heavy atom. The standard InChI is InChI=1S/C17H24P.C9H11.2ClH.Hf/c1-13(2)11-18(12-14(3)4)17-9-15-7-5-6-8-16(15)10-17;1-2-5-9-7-3-6-8(9)4-1;;;/h5-10,13-14H,11-12H2,1-4H3;1-2,4,6,9H,3,5,7H2;2*1H;/q2*-1;;;+4/p-2. The van der Waals surface area contributed by atoms with Gasteiger partial charge in [-0.3, -0.25) is 0 Å². The Kier molecular flexibility index (Phi) is 15.0. The van der Waals surface area contributed by atoms with E-state index in [2.05, 4.69) is 88.7 Å². The Balaban J connectivity index is 0.000000597. The first-order valence-corrected chi connectivity index (χ1v) is 12.3. The molecule has 162 valence electrons. The van der Waals surface area contributed by atoms with Crippen LogP contribution in [0.3, 0.4) is 0 Å². The molecule has 0 spiro atoms. The van der Waals surface area contributed by atoms with Gasteiger partial charge in [0, 0.05) is 0 Å². The first-order chi connectivity index (χ1) is 13.0. The van der Waals surface area contributed by atoms with Crippen molar-refractivity contribution in [1.82, 2.24) is 0 Å². The Bertz CT molecular complexity index is 748. The van der Waals surface area contributed by atoms with Crippen LogP contribution in [0.1, 0.15) is 47.0 Å². The summed E-state index contributed by atoms with van der Waals surface area (Å²) in [6.45, 7) is 9.38. The second kappa shape index (κ2) is 15.0. The molecule has 2 aliphatic rings. The van der Waals surface area contributed by atoms with Gasteiger partial charge in [0.15, 0.2) is 0 Å². The third-order valence-corrected chi connectivity index (χ3v) is 8.68. The zero-order valence-electron chi connectivity index (χ0n) is 18.7. The predicted molar refractivity (Wildman–Crippen MR) is 124 cm³/mol. The van der Waals surface area contributed by atoms with E-state index in [9.17, 15) is 0 Å². The molecule has 4 heteroatoms. The summed E-state index contributed by atoms with van der Waals surface area (Å²) < 4.78 is 0. The van der Waals surface area contributed by atoms with E-state index in [1.54, 1.807) is 10.9 Å². The summed E-state index contributed by atoms with van der Waals surface area (Å²) in [5.74, 6) is 2.48. The average Bonchev–Trinajstić information content (AvgIpc) is 3.27. The Labute approximate surface area is 217 Å². The maximum atomic E-state index is 2.42.